The van der Waals surface area contributed by atoms with Gasteiger partial charge in [-0.05, 0) is 56.8 Å². The molecule has 0 amide bonds. The van der Waals surface area contributed by atoms with E-state index in [2.05, 4.69) is 36.1 Å². The highest BCUT2D eigenvalue weighted by atomic mass is 16.5. The van der Waals surface area contributed by atoms with Crippen molar-refractivity contribution in [3.63, 3.8) is 0 Å². The topological polar surface area (TPSA) is 38.5 Å². The van der Waals surface area contributed by atoms with Gasteiger partial charge in [0.05, 0.1) is 18.4 Å². The molecule has 0 radical (unpaired) electrons. The van der Waals surface area contributed by atoms with Crippen LogP contribution in [0.25, 0.3) is 11.5 Å². The molecule has 4 heteroatoms. The number of hydrogen-bond donors (Lipinski definition) is 0. The Morgan fingerprint density at radius 2 is 2.00 bits per heavy atom. The van der Waals surface area contributed by atoms with Gasteiger partial charge in [0.15, 0.2) is 0 Å². The van der Waals surface area contributed by atoms with E-state index in [1.165, 1.54) is 24.0 Å². The van der Waals surface area contributed by atoms with Crippen molar-refractivity contribution in [3.05, 3.63) is 71.1 Å². The normalized spacial score (nSPS) is 17.6. The summed E-state index contributed by atoms with van der Waals surface area (Å²) < 4.78 is 11.5. The van der Waals surface area contributed by atoms with E-state index in [1.807, 2.05) is 31.2 Å². The molecule has 2 heterocycles. The Morgan fingerprint density at radius 3 is 2.82 bits per heavy atom. The van der Waals surface area contributed by atoms with Gasteiger partial charge in [-0.2, -0.15) is 0 Å². The van der Waals surface area contributed by atoms with E-state index < -0.39 is 0 Å². The van der Waals surface area contributed by atoms with Crippen LogP contribution in [-0.4, -0.2) is 30.1 Å². The van der Waals surface area contributed by atoms with Gasteiger partial charge in [0.1, 0.15) is 11.5 Å². The molecule has 1 aromatic heterocycles. The van der Waals surface area contributed by atoms with Crippen LogP contribution in [0.3, 0.4) is 0 Å². The number of rotatable bonds is 5. The lowest BCUT2D eigenvalue weighted by atomic mass is 9.90. The largest absolute Gasteiger partial charge is 0.496 e. The number of likely N-dealkylation sites (tertiary alicyclic amines) is 1. The van der Waals surface area contributed by atoms with Crippen molar-refractivity contribution in [3.8, 4) is 17.2 Å². The number of methoxy groups -OCH3 is 1. The maximum Gasteiger partial charge on any atom is 0.230 e. The Bertz CT molecular complexity index is 947. The summed E-state index contributed by atoms with van der Waals surface area (Å²) in [4.78, 5) is 7.31. The van der Waals surface area contributed by atoms with Crippen molar-refractivity contribution in [2.45, 2.75) is 39.2 Å². The summed E-state index contributed by atoms with van der Waals surface area (Å²) in [6.45, 7) is 7.18. The van der Waals surface area contributed by atoms with Crippen molar-refractivity contribution in [1.82, 2.24) is 9.88 Å². The molecule has 1 aliphatic rings. The van der Waals surface area contributed by atoms with Crippen LogP contribution in [0.4, 0.5) is 0 Å². The van der Waals surface area contributed by atoms with Crippen LogP contribution in [0.5, 0.6) is 5.75 Å². The highest BCUT2D eigenvalue weighted by Gasteiger charge is 2.24. The van der Waals surface area contributed by atoms with Gasteiger partial charge in [0.2, 0.25) is 5.89 Å². The van der Waals surface area contributed by atoms with Gasteiger partial charge in [0.25, 0.3) is 0 Å². The first kappa shape index (κ1) is 18.8. The van der Waals surface area contributed by atoms with Crippen LogP contribution < -0.4 is 4.74 Å². The molecule has 0 bridgehead atoms. The van der Waals surface area contributed by atoms with Gasteiger partial charge in [-0.3, -0.25) is 4.90 Å². The fourth-order valence-electron chi connectivity index (χ4n) is 4.12. The third-order valence-electron chi connectivity index (χ3n) is 5.62. The van der Waals surface area contributed by atoms with Gasteiger partial charge in [-0.15, -0.1) is 0 Å². The van der Waals surface area contributed by atoms with E-state index in [0.717, 1.165) is 42.4 Å². The summed E-state index contributed by atoms with van der Waals surface area (Å²) in [5, 5.41) is 0. The highest BCUT2D eigenvalue weighted by Crippen LogP contribution is 2.32. The number of piperidine rings is 1. The first-order valence-electron chi connectivity index (χ1n) is 10.0. The summed E-state index contributed by atoms with van der Waals surface area (Å²) in [7, 11) is 1.68. The fraction of sp³-hybridized carbons (Fsp3) is 0.375. The zero-order chi connectivity index (χ0) is 19.5. The first-order valence-corrected chi connectivity index (χ1v) is 10.0. The summed E-state index contributed by atoms with van der Waals surface area (Å²) in [5.41, 5.74) is 4.71. The number of ether oxygens (including phenoxy) is 1. The lowest BCUT2D eigenvalue weighted by Gasteiger charge is -2.32. The monoisotopic (exact) mass is 376 g/mol. The van der Waals surface area contributed by atoms with E-state index in [1.54, 1.807) is 7.11 Å². The summed E-state index contributed by atoms with van der Waals surface area (Å²) in [5.74, 6) is 2.90. The molecule has 28 heavy (non-hydrogen) atoms. The van der Waals surface area contributed by atoms with Crippen LogP contribution >= 0.6 is 0 Å². The minimum atomic E-state index is 0.592. The molecule has 0 aliphatic carbocycles. The molecule has 4 rings (SSSR count). The molecule has 1 fully saturated rings. The van der Waals surface area contributed by atoms with Crippen molar-refractivity contribution >= 4 is 0 Å². The van der Waals surface area contributed by atoms with Crippen LogP contribution in [0.15, 0.2) is 52.9 Å². The molecule has 0 N–H and O–H groups in total. The third kappa shape index (κ3) is 3.97. The molecule has 3 aromatic rings. The average molecular weight is 377 g/mol. The lowest BCUT2D eigenvalue weighted by molar-refractivity contribution is 0.197. The number of oxazole rings is 1. The van der Waals surface area contributed by atoms with Crippen LogP contribution in [0, 0.1) is 13.8 Å². The van der Waals surface area contributed by atoms with E-state index in [9.17, 15) is 0 Å². The molecule has 0 saturated carbocycles. The molecule has 4 nitrogen and oxygen atoms in total. The SMILES string of the molecule is COc1ccccc1-c1nc(CN2CCC[C@@H](c3cccc(C)c3)C2)c(C)o1. The first-order chi connectivity index (χ1) is 13.6. The molecule has 1 atom stereocenters. The number of benzene rings is 2. The van der Waals surface area contributed by atoms with Gasteiger partial charge in [-0.25, -0.2) is 4.98 Å². The summed E-state index contributed by atoms with van der Waals surface area (Å²) >= 11 is 0. The Hall–Kier alpha value is -2.59. The quantitative estimate of drug-likeness (QED) is 0.602. The molecule has 2 aromatic carbocycles. The van der Waals surface area contributed by atoms with Crippen LogP contribution in [-0.2, 0) is 6.54 Å². The Morgan fingerprint density at radius 1 is 1.14 bits per heavy atom. The number of aryl methyl sites for hydroxylation is 2. The highest BCUT2D eigenvalue weighted by molar-refractivity contribution is 5.62. The molecular formula is C24H28N2O2. The van der Waals surface area contributed by atoms with Gasteiger partial charge in [0, 0.05) is 13.1 Å². The van der Waals surface area contributed by atoms with Crippen molar-refractivity contribution in [2.24, 2.45) is 0 Å². The standard InChI is InChI=1S/C24H28N2O2/c1-17-8-6-9-19(14-17)20-10-7-13-26(15-20)16-22-18(2)28-24(25-22)21-11-4-5-12-23(21)27-3/h4-6,8-9,11-12,14,20H,7,10,13,15-16H2,1-3H3/t20-/m1/s1. The van der Waals surface area contributed by atoms with Crippen molar-refractivity contribution < 1.29 is 9.15 Å². The second-order valence-electron chi connectivity index (χ2n) is 7.71. The molecule has 146 valence electrons. The maximum absolute atomic E-state index is 5.99. The minimum Gasteiger partial charge on any atom is -0.496 e. The predicted molar refractivity (Wildman–Crippen MR) is 112 cm³/mol. The second-order valence-corrected chi connectivity index (χ2v) is 7.71. The van der Waals surface area contributed by atoms with Gasteiger partial charge in [-0.1, -0.05) is 42.0 Å². The Kier molecular flexibility index (Phi) is 5.49. The third-order valence-corrected chi connectivity index (χ3v) is 5.62. The van der Waals surface area contributed by atoms with E-state index >= 15 is 0 Å². The predicted octanol–water partition coefficient (Wildman–Crippen LogP) is 5.35. The molecular weight excluding hydrogens is 348 g/mol. The second kappa shape index (κ2) is 8.19. The zero-order valence-electron chi connectivity index (χ0n) is 16.9. The molecule has 1 aliphatic heterocycles. The fourth-order valence-corrected chi connectivity index (χ4v) is 4.12. The molecule has 1 saturated heterocycles. The lowest BCUT2D eigenvalue weighted by Crippen LogP contribution is -2.34. The number of nitrogens with zero attached hydrogens (tertiary/aromatic N) is 2. The zero-order valence-corrected chi connectivity index (χ0v) is 16.9. The van der Waals surface area contributed by atoms with Gasteiger partial charge >= 0.3 is 0 Å². The average Bonchev–Trinajstić information content (AvgIpc) is 3.08. The van der Waals surface area contributed by atoms with E-state index in [0.29, 0.717) is 11.8 Å². The smallest absolute Gasteiger partial charge is 0.230 e. The number of hydrogen-bond acceptors (Lipinski definition) is 4. The number of para-hydroxylation sites is 1. The molecule has 0 unspecified atom stereocenters. The van der Waals surface area contributed by atoms with E-state index in [4.69, 9.17) is 14.1 Å². The van der Waals surface area contributed by atoms with Crippen molar-refractivity contribution in [2.75, 3.05) is 20.2 Å². The van der Waals surface area contributed by atoms with Crippen LogP contribution in [0.1, 0.15) is 41.3 Å². The van der Waals surface area contributed by atoms with Crippen molar-refractivity contribution in [1.29, 1.82) is 0 Å². The molecule has 0 spiro atoms. The number of aromatic nitrogens is 1. The van der Waals surface area contributed by atoms with Gasteiger partial charge < -0.3 is 9.15 Å². The minimum absolute atomic E-state index is 0.592. The maximum atomic E-state index is 5.99. The van der Waals surface area contributed by atoms with E-state index in [-0.39, 0.29) is 0 Å². The Balaban J connectivity index is 1.51. The summed E-state index contributed by atoms with van der Waals surface area (Å²) in [6.07, 6.45) is 2.47. The Labute approximate surface area is 167 Å². The summed E-state index contributed by atoms with van der Waals surface area (Å²) in [6, 6.07) is 16.8. The van der Waals surface area contributed by atoms with Crippen LogP contribution in [0.2, 0.25) is 0 Å².